The highest BCUT2D eigenvalue weighted by Gasteiger charge is 2.18. The van der Waals surface area contributed by atoms with Gasteiger partial charge in [-0.3, -0.25) is 9.59 Å². The van der Waals surface area contributed by atoms with Gasteiger partial charge in [-0.1, -0.05) is 63.1 Å². The van der Waals surface area contributed by atoms with Crippen molar-refractivity contribution in [1.29, 1.82) is 0 Å². The van der Waals surface area contributed by atoms with Crippen molar-refractivity contribution in [1.82, 2.24) is 0 Å². The molecule has 0 amide bonds. The van der Waals surface area contributed by atoms with E-state index in [2.05, 4.69) is 0 Å². The average molecular weight is 461 g/mol. The number of ether oxygens (including phenoxy) is 2. The van der Waals surface area contributed by atoms with Gasteiger partial charge in [-0.15, -0.1) is 0 Å². The third kappa shape index (κ3) is 7.20. The zero-order valence-electron chi connectivity index (χ0n) is 19.8. The summed E-state index contributed by atoms with van der Waals surface area (Å²) in [5.41, 5.74) is 3.01. The summed E-state index contributed by atoms with van der Waals surface area (Å²) in [6, 6.07) is 22.1. The summed E-state index contributed by atoms with van der Waals surface area (Å²) >= 11 is 0. The maximum atomic E-state index is 11.9. The molecule has 3 rings (SSSR count). The quantitative estimate of drug-likeness (QED) is 0.194. The molecule has 0 saturated carbocycles. The van der Waals surface area contributed by atoms with Gasteiger partial charge in [0.15, 0.2) is 0 Å². The minimum Gasteiger partial charge on any atom is -0.508 e. The van der Waals surface area contributed by atoms with E-state index in [0.29, 0.717) is 24.3 Å². The Bertz CT molecular complexity index is 988. The molecule has 0 radical (unpaired) electrons. The summed E-state index contributed by atoms with van der Waals surface area (Å²) in [4.78, 5) is 23.9. The average Bonchev–Trinajstić information content (AvgIpc) is 2.85. The van der Waals surface area contributed by atoms with Crippen LogP contribution < -0.4 is 9.47 Å². The number of esters is 2. The van der Waals surface area contributed by atoms with E-state index >= 15 is 0 Å². The second-order valence-electron chi connectivity index (χ2n) is 8.32. The Morgan fingerprint density at radius 3 is 1.35 bits per heavy atom. The molecule has 5 heteroatoms. The number of carbonyl (C=O) groups excluding carboxylic acids is 2. The molecule has 0 fully saturated rings. The van der Waals surface area contributed by atoms with Gasteiger partial charge in [0.25, 0.3) is 0 Å². The van der Waals surface area contributed by atoms with Crippen molar-refractivity contribution in [3.8, 4) is 17.2 Å². The van der Waals surface area contributed by atoms with Crippen LogP contribution in [0.2, 0.25) is 0 Å². The first-order chi connectivity index (χ1) is 16.5. The third-order valence-electron chi connectivity index (χ3n) is 5.59. The lowest BCUT2D eigenvalue weighted by Crippen LogP contribution is -2.08. The Morgan fingerprint density at radius 2 is 1.00 bits per heavy atom. The number of unbranched alkanes of at least 4 members (excludes halogenated alkanes) is 2. The lowest BCUT2D eigenvalue weighted by molar-refractivity contribution is -0.135. The number of carbonyl (C=O) groups is 2. The van der Waals surface area contributed by atoms with Crippen LogP contribution in [0.3, 0.4) is 0 Å². The van der Waals surface area contributed by atoms with E-state index in [4.69, 9.17) is 9.47 Å². The van der Waals surface area contributed by atoms with E-state index < -0.39 is 0 Å². The maximum absolute atomic E-state index is 11.9. The summed E-state index contributed by atoms with van der Waals surface area (Å²) in [5.74, 6) is 0.663. The molecule has 178 valence electrons. The number of aromatic hydroxyl groups is 1. The van der Waals surface area contributed by atoms with Crippen molar-refractivity contribution < 1.29 is 24.2 Å². The lowest BCUT2D eigenvalue weighted by atomic mass is 9.85. The van der Waals surface area contributed by atoms with Crippen molar-refractivity contribution in [3.63, 3.8) is 0 Å². The van der Waals surface area contributed by atoms with Gasteiger partial charge in [0, 0.05) is 18.8 Å². The molecular formula is C29H32O5. The number of phenolic OH excluding ortho intramolecular Hbond substituents is 1. The molecule has 0 heterocycles. The highest BCUT2D eigenvalue weighted by atomic mass is 16.5. The number of benzene rings is 3. The van der Waals surface area contributed by atoms with E-state index in [1.165, 1.54) is 0 Å². The van der Waals surface area contributed by atoms with Crippen molar-refractivity contribution >= 4 is 11.9 Å². The third-order valence-corrected chi connectivity index (χ3v) is 5.59. The molecule has 3 aromatic carbocycles. The topological polar surface area (TPSA) is 72.8 Å². The van der Waals surface area contributed by atoms with Crippen LogP contribution in [0.25, 0.3) is 0 Å². The van der Waals surface area contributed by atoms with Gasteiger partial charge < -0.3 is 14.6 Å². The van der Waals surface area contributed by atoms with Gasteiger partial charge in [0.1, 0.15) is 17.2 Å². The van der Waals surface area contributed by atoms with Crippen LogP contribution in [0.15, 0.2) is 72.8 Å². The molecule has 1 N–H and O–H groups in total. The molecule has 0 bridgehead atoms. The minimum atomic E-state index is -0.228. The van der Waals surface area contributed by atoms with Crippen LogP contribution in [0.1, 0.15) is 75.0 Å². The van der Waals surface area contributed by atoms with Crippen molar-refractivity contribution in [3.05, 3.63) is 89.5 Å². The van der Waals surface area contributed by atoms with Gasteiger partial charge >= 0.3 is 11.9 Å². The predicted octanol–water partition coefficient (Wildman–Crippen LogP) is 6.76. The van der Waals surface area contributed by atoms with Crippen LogP contribution in [0.4, 0.5) is 0 Å². The SMILES string of the molecule is CCCCC(=O)Oc1ccc(C(c2ccc(O)cc2)c2ccc(OC(=O)CCCC)cc2)cc1. The Balaban J connectivity index is 1.83. The molecule has 0 aliphatic heterocycles. The molecule has 34 heavy (non-hydrogen) atoms. The van der Waals surface area contributed by atoms with E-state index in [0.717, 1.165) is 42.4 Å². The second kappa shape index (κ2) is 12.6. The minimum absolute atomic E-state index is 0.115. The van der Waals surface area contributed by atoms with E-state index in [1.807, 2.05) is 50.2 Å². The normalized spacial score (nSPS) is 10.8. The first-order valence-electron chi connectivity index (χ1n) is 11.9. The number of phenols is 1. The van der Waals surface area contributed by atoms with E-state index in [1.54, 1.807) is 36.4 Å². The maximum Gasteiger partial charge on any atom is 0.311 e. The Kier molecular flexibility index (Phi) is 9.27. The molecule has 0 saturated heterocycles. The molecule has 5 nitrogen and oxygen atoms in total. The summed E-state index contributed by atoms with van der Waals surface area (Å²) < 4.78 is 10.9. The van der Waals surface area contributed by atoms with Crippen LogP contribution in [-0.2, 0) is 9.59 Å². The summed E-state index contributed by atoms with van der Waals surface area (Å²) in [5, 5.41) is 9.75. The fourth-order valence-electron chi connectivity index (χ4n) is 3.71. The molecule has 0 aromatic heterocycles. The Labute approximate surface area is 201 Å². The molecule has 0 unspecified atom stereocenters. The molecule has 0 atom stereocenters. The highest BCUT2D eigenvalue weighted by Crippen LogP contribution is 2.34. The second-order valence-corrected chi connectivity index (χ2v) is 8.32. The number of hydrogen-bond acceptors (Lipinski definition) is 5. The van der Waals surface area contributed by atoms with Gasteiger partial charge in [-0.2, -0.15) is 0 Å². The summed E-state index contributed by atoms with van der Waals surface area (Å²) in [7, 11) is 0. The summed E-state index contributed by atoms with van der Waals surface area (Å²) in [6.07, 6.45) is 4.32. The molecule has 0 spiro atoms. The van der Waals surface area contributed by atoms with Crippen LogP contribution in [-0.4, -0.2) is 17.0 Å². The fourth-order valence-corrected chi connectivity index (χ4v) is 3.71. The zero-order chi connectivity index (χ0) is 24.3. The van der Waals surface area contributed by atoms with Crippen LogP contribution in [0, 0.1) is 0 Å². The number of hydrogen-bond donors (Lipinski definition) is 1. The van der Waals surface area contributed by atoms with Crippen molar-refractivity contribution in [2.24, 2.45) is 0 Å². The molecule has 3 aromatic rings. The van der Waals surface area contributed by atoms with Gasteiger partial charge in [0.2, 0.25) is 0 Å². The first kappa shape index (κ1) is 25.0. The largest absolute Gasteiger partial charge is 0.508 e. The monoisotopic (exact) mass is 460 g/mol. The van der Waals surface area contributed by atoms with Crippen molar-refractivity contribution in [2.45, 2.75) is 58.3 Å². The van der Waals surface area contributed by atoms with Gasteiger partial charge in [0.05, 0.1) is 0 Å². The lowest BCUT2D eigenvalue weighted by Gasteiger charge is -2.20. The highest BCUT2D eigenvalue weighted by molar-refractivity contribution is 5.72. The first-order valence-corrected chi connectivity index (χ1v) is 11.9. The van der Waals surface area contributed by atoms with E-state index in [9.17, 15) is 14.7 Å². The van der Waals surface area contributed by atoms with Crippen LogP contribution in [0.5, 0.6) is 17.2 Å². The molecule has 0 aliphatic carbocycles. The van der Waals surface area contributed by atoms with Gasteiger partial charge in [-0.25, -0.2) is 0 Å². The Hall–Kier alpha value is -3.60. The predicted molar refractivity (Wildman–Crippen MR) is 132 cm³/mol. The summed E-state index contributed by atoms with van der Waals surface area (Å²) in [6.45, 7) is 4.07. The van der Waals surface area contributed by atoms with Crippen molar-refractivity contribution in [2.75, 3.05) is 0 Å². The Morgan fingerprint density at radius 1 is 0.647 bits per heavy atom. The molecule has 0 aliphatic rings. The number of rotatable bonds is 11. The standard InChI is InChI=1S/C29H32O5/c1-3-5-7-27(31)33-25-17-11-22(12-18-25)29(21-9-15-24(30)16-10-21)23-13-19-26(20-14-23)34-28(32)8-6-4-2/h9-20,29-30H,3-8H2,1-2H3. The van der Waals surface area contributed by atoms with E-state index in [-0.39, 0.29) is 23.6 Å². The fraction of sp³-hybridized carbons (Fsp3) is 0.310. The van der Waals surface area contributed by atoms with Crippen LogP contribution >= 0.6 is 0 Å². The molecular weight excluding hydrogens is 428 g/mol. The smallest absolute Gasteiger partial charge is 0.311 e. The zero-order valence-corrected chi connectivity index (χ0v) is 19.8. The van der Waals surface area contributed by atoms with Gasteiger partial charge in [-0.05, 0) is 65.9 Å².